The first-order chi connectivity index (χ1) is 12.1. The van der Waals surface area contributed by atoms with Crippen molar-refractivity contribution >= 4 is 35.8 Å². The summed E-state index contributed by atoms with van der Waals surface area (Å²) in [7, 11) is 0. The molecular formula is C12H18Cr2O15. The Morgan fingerprint density at radius 1 is 0.448 bits per heavy atom. The molecule has 0 aromatic heterocycles. The van der Waals surface area contributed by atoms with Crippen molar-refractivity contribution in [3.63, 3.8) is 0 Å². The van der Waals surface area contributed by atoms with Gasteiger partial charge in [-0.15, -0.1) is 0 Å². The summed E-state index contributed by atoms with van der Waals surface area (Å²) in [4.78, 5) is 58.2. The third kappa shape index (κ3) is 30.7. The molecule has 0 aliphatic carbocycles. The van der Waals surface area contributed by atoms with Crippen LogP contribution < -0.4 is 0 Å². The molecule has 17 heteroatoms. The Morgan fingerprint density at radius 2 is 0.586 bits per heavy atom. The number of rotatable bonds is 9. The molecule has 0 saturated heterocycles. The van der Waals surface area contributed by atoms with Crippen molar-refractivity contribution in [1.82, 2.24) is 0 Å². The van der Waals surface area contributed by atoms with Gasteiger partial charge in [-0.05, 0) is 0 Å². The van der Waals surface area contributed by atoms with Gasteiger partial charge in [-0.3, -0.25) is 14.4 Å². The molecule has 0 radical (unpaired) electrons. The molecule has 0 amide bonds. The minimum atomic E-state index is -1.79. The van der Waals surface area contributed by atoms with Crippen LogP contribution in [0, 0.1) is 0 Å². The molecule has 0 fully saturated rings. The average molecular weight is 506 g/mol. The monoisotopic (exact) mass is 506 g/mol. The van der Waals surface area contributed by atoms with Gasteiger partial charge in [0.25, 0.3) is 0 Å². The van der Waals surface area contributed by atoms with E-state index in [1.165, 1.54) is 0 Å². The maximum absolute atomic E-state index is 9.72. The molecule has 9 N–H and O–H groups in total. The van der Waals surface area contributed by atoms with Crippen molar-refractivity contribution in [3.05, 3.63) is 0 Å². The van der Waals surface area contributed by atoms with Gasteiger partial charge in [-0.1, -0.05) is 0 Å². The van der Waals surface area contributed by atoms with E-state index in [-0.39, 0.29) is 34.7 Å². The molecule has 168 valence electrons. The molecule has 0 saturated carbocycles. The molecule has 0 rings (SSSR count). The first kappa shape index (κ1) is 37.5. The fraction of sp³-hybridized carbons (Fsp3) is 0.500. The molecule has 0 aromatic rings. The zero-order valence-electron chi connectivity index (χ0n) is 14.1. The fourth-order valence-electron chi connectivity index (χ4n) is 0.758. The van der Waals surface area contributed by atoms with Crippen LogP contribution in [-0.4, -0.2) is 100 Å². The third-order valence-electron chi connectivity index (χ3n) is 1.96. The third-order valence-corrected chi connectivity index (χ3v) is 1.96. The van der Waals surface area contributed by atoms with Crippen LogP contribution in [-0.2, 0) is 63.5 Å². The van der Waals surface area contributed by atoms with E-state index >= 15 is 0 Å². The fourth-order valence-corrected chi connectivity index (χ4v) is 0.758. The first-order valence-electron chi connectivity index (χ1n) is 6.49. The van der Waals surface area contributed by atoms with Gasteiger partial charge in [0.2, 0.25) is 0 Å². The molecule has 0 heterocycles. The number of aliphatic hydroxyl groups is 3. The van der Waals surface area contributed by atoms with Crippen molar-refractivity contribution in [1.29, 1.82) is 0 Å². The second-order valence-electron chi connectivity index (χ2n) is 4.36. The van der Waals surface area contributed by atoms with E-state index in [4.69, 9.17) is 46.0 Å². The maximum Gasteiger partial charge on any atom is 0.333 e. The van der Waals surface area contributed by atoms with Crippen LogP contribution in [0.2, 0.25) is 0 Å². The van der Waals surface area contributed by atoms with E-state index in [2.05, 4.69) is 0 Å². The van der Waals surface area contributed by atoms with Crippen LogP contribution in [0.4, 0.5) is 0 Å². The number of carbonyl (C=O) groups is 6. The Morgan fingerprint density at radius 3 is 0.621 bits per heavy atom. The molecule has 3 atom stereocenters. The topological polar surface area (TPSA) is 284 Å². The second kappa shape index (κ2) is 20.5. The normalized spacial score (nSPS) is 11.7. The van der Waals surface area contributed by atoms with E-state index in [0.717, 1.165) is 0 Å². The molecule has 29 heavy (non-hydrogen) atoms. The van der Waals surface area contributed by atoms with E-state index in [9.17, 15) is 28.8 Å². The van der Waals surface area contributed by atoms with Crippen LogP contribution in [0.1, 0.15) is 19.3 Å². The van der Waals surface area contributed by atoms with Crippen molar-refractivity contribution < 1.29 is 109 Å². The summed E-state index contributed by atoms with van der Waals surface area (Å²) in [6.07, 6.45) is -7.63. The van der Waals surface area contributed by atoms with Crippen molar-refractivity contribution in [2.24, 2.45) is 0 Å². The summed E-state index contributed by atoms with van der Waals surface area (Å²) in [5, 5.41) is 72.4. The second-order valence-corrected chi connectivity index (χ2v) is 4.36. The Balaban J connectivity index is -0.0000000960. The number of carboxylic acid groups (broad SMARTS) is 6. The van der Waals surface area contributed by atoms with Crippen LogP contribution in [0.5, 0.6) is 0 Å². The molecular weight excluding hydrogens is 488 g/mol. The average Bonchev–Trinajstić information content (AvgIpc) is 2.46. The smallest absolute Gasteiger partial charge is 0.333 e. The van der Waals surface area contributed by atoms with Crippen molar-refractivity contribution in [2.45, 2.75) is 37.6 Å². The van der Waals surface area contributed by atoms with Crippen LogP contribution >= 0.6 is 0 Å². The zero-order chi connectivity index (χ0) is 22.3. The summed E-state index contributed by atoms with van der Waals surface area (Å²) < 4.78 is 0. The van der Waals surface area contributed by atoms with Gasteiger partial charge in [0.15, 0.2) is 18.3 Å². The summed E-state index contributed by atoms with van der Waals surface area (Å²) >= 11 is 0. The molecule has 3 unspecified atom stereocenters. The zero-order valence-corrected chi connectivity index (χ0v) is 16.7. The number of aliphatic hydroxyl groups excluding tert-OH is 3. The number of hydrogen-bond acceptors (Lipinski definition) is 9. The summed E-state index contributed by atoms with van der Waals surface area (Å²) in [5.41, 5.74) is 0. The number of hydrogen-bond donors (Lipinski definition) is 9. The predicted octanol–water partition coefficient (Wildman–Crippen LogP) is -3.29. The van der Waals surface area contributed by atoms with Crippen molar-refractivity contribution in [3.8, 4) is 0 Å². The summed E-state index contributed by atoms with van der Waals surface area (Å²) in [5.74, 6) is -8.54. The molecule has 0 bridgehead atoms. The van der Waals surface area contributed by atoms with E-state index in [1.807, 2.05) is 0 Å². The minimum absolute atomic E-state index is 0. The molecule has 15 nitrogen and oxygen atoms in total. The standard InChI is InChI=1S/3C4H6O5.2Cr/c3*5-2(4(8)9)1-3(6)7;;/h3*2,5H,1H2,(H,6,7)(H,8,9);;. The van der Waals surface area contributed by atoms with Gasteiger partial charge in [-0.25, -0.2) is 14.4 Å². The largest absolute Gasteiger partial charge is 0.481 e. The number of aliphatic carboxylic acids is 6. The maximum atomic E-state index is 9.72. The van der Waals surface area contributed by atoms with Crippen LogP contribution in [0.25, 0.3) is 0 Å². The summed E-state index contributed by atoms with van der Waals surface area (Å²) in [6, 6.07) is 0. The SMILES string of the molecule is O=C(O)CC(O)C(=O)O.O=C(O)CC(O)C(=O)O.O=C(O)CC(O)C(=O)O.[Cr].[Cr]. The quantitative estimate of drug-likeness (QED) is 0.148. The van der Waals surface area contributed by atoms with Gasteiger partial charge in [0.1, 0.15) is 0 Å². The van der Waals surface area contributed by atoms with Gasteiger partial charge >= 0.3 is 35.8 Å². The van der Waals surface area contributed by atoms with Crippen molar-refractivity contribution in [2.75, 3.05) is 0 Å². The van der Waals surface area contributed by atoms with E-state index in [0.29, 0.717) is 0 Å². The molecule has 0 aliphatic heterocycles. The molecule has 0 aliphatic rings. The van der Waals surface area contributed by atoms with Crippen LogP contribution in [0.3, 0.4) is 0 Å². The molecule has 0 aromatic carbocycles. The van der Waals surface area contributed by atoms with Gasteiger partial charge in [0.05, 0.1) is 19.3 Å². The Hall–Kier alpha value is -2.24. The molecule has 0 spiro atoms. The number of carboxylic acids is 6. The van der Waals surface area contributed by atoms with E-state index < -0.39 is 73.4 Å². The van der Waals surface area contributed by atoms with E-state index in [1.54, 1.807) is 0 Å². The Bertz CT molecular complexity index is 473. The first-order valence-corrected chi connectivity index (χ1v) is 6.49. The summed E-state index contributed by atoms with van der Waals surface area (Å²) in [6.45, 7) is 0. The Kier molecular flexibility index (Phi) is 26.5. The van der Waals surface area contributed by atoms with Gasteiger partial charge in [-0.2, -0.15) is 0 Å². The predicted molar refractivity (Wildman–Crippen MR) is 77.7 cm³/mol. The van der Waals surface area contributed by atoms with Crippen LogP contribution in [0.15, 0.2) is 0 Å². The van der Waals surface area contributed by atoms with Gasteiger partial charge in [0, 0.05) is 34.7 Å². The van der Waals surface area contributed by atoms with Gasteiger partial charge < -0.3 is 46.0 Å². The minimum Gasteiger partial charge on any atom is -0.481 e. The Labute approximate surface area is 183 Å².